The van der Waals surface area contributed by atoms with Gasteiger partial charge < -0.3 is 9.47 Å². The van der Waals surface area contributed by atoms with Crippen LogP contribution in [0.5, 0.6) is 11.5 Å². The fraction of sp³-hybridized carbons (Fsp3) is 0.227. The van der Waals surface area contributed by atoms with Crippen LogP contribution >= 0.6 is 0 Å². The number of ether oxygens (including phenoxy) is 2. The van der Waals surface area contributed by atoms with E-state index in [1.54, 1.807) is 48.5 Å². The van der Waals surface area contributed by atoms with Crippen LogP contribution in [0.2, 0.25) is 0 Å². The van der Waals surface area contributed by atoms with E-state index < -0.39 is 17.8 Å². The lowest BCUT2D eigenvalue weighted by Gasteiger charge is -2.26. The Kier molecular flexibility index (Phi) is 5.97. The maximum Gasteiger partial charge on any atom is 0.335 e. The standard InChI is InChI=1S/C22H22N2O5/c1-14(2)13-29-18-10-9-15(12-19(18)28-3)11-17-20(25)23-22(27)24(21(17)26)16-7-5-4-6-8-16/h4-12,14H,13H2,1-3H3,(H,23,25,27)/b17-11+. The van der Waals surface area contributed by atoms with E-state index in [9.17, 15) is 14.4 Å². The average Bonchev–Trinajstić information content (AvgIpc) is 2.70. The second-order valence-corrected chi connectivity index (χ2v) is 6.91. The number of methoxy groups -OCH3 is 1. The molecular formula is C22H22N2O5. The van der Waals surface area contributed by atoms with Crippen LogP contribution in [0, 0.1) is 5.92 Å². The Morgan fingerprint density at radius 3 is 2.41 bits per heavy atom. The van der Waals surface area contributed by atoms with Crippen molar-refractivity contribution in [3.05, 3.63) is 59.7 Å². The second kappa shape index (κ2) is 8.60. The number of nitrogens with one attached hydrogen (secondary N) is 1. The Morgan fingerprint density at radius 2 is 1.76 bits per heavy atom. The lowest BCUT2D eigenvalue weighted by Crippen LogP contribution is -2.54. The maximum atomic E-state index is 12.9. The molecule has 0 bridgehead atoms. The number of benzene rings is 2. The van der Waals surface area contributed by atoms with Crippen molar-refractivity contribution >= 4 is 29.6 Å². The molecule has 4 amide bonds. The number of para-hydroxylation sites is 1. The minimum absolute atomic E-state index is 0.147. The smallest absolute Gasteiger partial charge is 0.335 e. The van der Waals surface area contributed by atoms with E-state index in [1.165, 1.54) is 13.2 Å². The maximum absolute atomic E-state index is 12.9. The van der Waals surface area contributed by atoms with Gasteiger partial charge in [-0.2, -0.15) is 0 Å². The number of rotatable bonds is 6. The van der Waals surface area contributed by atoms with Gasteiger partial charge in [-0.05, 0) is 41.8 Å². The summed E-state index contributed by atoms with van der Waals surface area (Å²) in [5.74, 6) is -0.0228. The molecule has 1 heterocycles. The predicted octanol–water partition coefficient (Wildman–Crippen LogP) is 3.40. The molecule has 7 nitrogen and oxygen atoms in total. The summed E-state index contributed by atoms with van der Waals surface area (Å²) in [5, 5.41) is 2.20. The minimum atomic E-state index is -0.779. The summed E-state index contributed by atoms with van der Waals surface area (Å²) in [6.45, 7) is 4.61. The van der Waals surface area contributed by atoms with Crippen LogP contribution < -0.4 is 19.7 Å². The topological polar surface area (TPSA) is 84.9 Å². The van der Waals surface area contributed by atoms with Gasteiger partial charge in [-0.15, -0.1) is 0 Å². The first kappa shape index (κ1) is 20.1. The predicted molar refractivity (Wildman–Crippen MR) is 109 cm³/mol. The Balaban J connectivity index is 1.93. The molecule has 2 aromatic carbocycles. The van der Waals surface area contributed by atoms with Crippen LogP contribution in [0.3, 0.4) is 0 Å². The second-order valence-electron chi connectivity index (χ2n) is 6.91. The van der Waals surface area contributed by atoms with Crippen LogP contribution in [0.25, 0.3) is 6.08 Å². The highest BCUT2D eigenvalue weighted by atomic mass is 16.5. The molecule has 1 N–H and O–H groups in total. The molecule has 0 atom stereocenters. The molecule has 3 rings (SSSR count). The lowest BCUT2D eigenvalue weighted by atomic mass is 10.1. The molecule has 0 aliphatic carbocycles. The molecule has 1 aliphatic heterocycles. The molecule has 1 aliphatic rings. The third-order valence-electron chi connectivity index (χ3n) is 4.19. The fourth-order valence-electron chi connectivity index (χ4n) is 2.79. The number of hydrogen-bond acceptors (Lipinski definition) is 5. The van der Waals surface area contributed by atoms with Crippen molar-refractivity contribution in [2.24, 2.45) is 5.92 Å². The zero-order chi connectivity index (χ0) is 21.0. The summed E-state index contributed by atoms with van der Waals surface area (Å²) >= 11 is 0. The van der Waals surface area contributed by atoms with Gasteiger partial charge in [0, 0.05) is 0 Å². The van der Waals surface area contributed by atoms with Crippen molar-refractivity contribution in [2.75, 3.05) is 18.6 Å². The van der Waals surface area contributed by atoms with Crippen molar-refractivity contribution in [3.8, 4) is 11.5 Å². The molecule has 1 saturated heterocycles. The van der Waals surface area contributed by atoms with Crippen molar-refractivity contribution < 1.29 is 23.9 Å². The molecule has 1 fully saturated rings. The molecule has 0 unspecified atom stereocenters. The van der Waals surface area contributed by atoms with Gasteiger partial charge in [0.2, 0.25) is 0 Å². The molecule has 0 saturated carbocycles. The zero-order valence-electron chi connectivity index (χ0n) is 16.5. The van der Waals surface area contributed by atoms with E-state index in [-0.39, 0.29) is 5.57 Å². The number of urea groups is 1. The number of anilines is 1. The van der Waals surface area contributed by atoms with E-state index in [1.807, 2.05) is 13.8 Å². The molecule has 150 valence electrons. The van der Waals surface area contributed by atoms with Crippen molar-refractivity contribution in [3.63, 3.8) is 0 Å². The third kappa shape index (κ3) is 4.45. The molecule has 7 heteroatoms. The largest absolute Gasteiger partial charge is 0.493 e. The number of amides is 4. The van der Waals surface area contributed by atoms with E-state index >= 15 is 0 Å². The molecule has 2 aromatic rings. The van der Waals surface area contributed by atoms with Crippen LogP contribution in [-0.2, 0) is 9.59 Å². The van der Waals surface area contributed by atoms with Crippen LogP contribution in [0.4, 0.5) is 10.5 Å². The van der Waals surface area contributed by atoms with E-state index in [0.29, 0.717) is 35.3 Å². The van der Waals surface area contributed by atoms with E-state index in [4.69, 9.17) is 9.47 Å². The summed E-state index contributed by atoms with van der Waals surface area (Å²) in [4.78, 5) is 38.3. The first-order valence-corrected chi connectivity index (χ1v) is 9.18. The monoisotopic (exact) mass is 394 g/mol. The summed E-state index contributed by atoms with van der Waals surface area (Å²) in [6.07, 6.45) is 1.43. The third-order valence-corrected chi connectivity index (χ3v) is 4.19. The Morgan fingerprint density at radius 1 is 1.03 bits per heavy atom. The molecule has 0 aromatic heterocycles. The Bertz CT molecular complexity index is 966. The first-order valence-electron chi connectivity index (χ1n) is 9.18. The summed E-state index contributed by atoms with van der Waals surface area (Å²) in [7, 11) is 1.52. The summed E-state index contributed by atoms with van der Waals surface area (Å²) in [5.41, 5.74) is 0.800. The van der Waals surface area contributed by atoms with Crippen molar-refractivity contribution in [1.29, 1.82) is 0 Å². The van der Waals surface area contributed by atoms with Gasteiger partial charge in [0.05, 0.1) is 19.4 Å². The highest BCUT2D eigenvalue weighted by Gasteiger charge is 2.36. The number of carbonyl (C=O) groups excluding carboxylic acids is 3. The lowest BCUT2D eigenvalue weighted by molar-refractivity contribution is -0.122. The van der Waals surface area contributed by atoms with Crippen LogP contribution in [-0.4, -0.2) is 31.6 Å². The van der Waals surface area contributed by atoms with Gasteiger partial charge in [-0.1, -0.05) is 38.1 Å². The van der Waals surface area contributed by atoms with Crippen LogP contribution in [0.1, 0.15) is 19.4 Å². The zero-order valence-corrected chi connectivity index (χ0v) is 16.5. The summed E-state index contributed by atoms with van der Waals surface area (Å²) < 4.78 is 11.1. The number of carbonyl (C=O) groups is 3. The van der Waals surface area contributed by atoms with Gasteiger partial charge >= 0.3 is 6.03 Å². The van der Waals surface area contributed by atoms with Gasteiger partial charge in [-0.25, -0.2) is 9.69 Å². The van der Waals surface area contributed by atoms with Crippen LogP contribution in [0.15, 0.2) is 54.1 Å². The Hall–Kier alpha value is -3.61. The molecule has 0 radical (unpaired) electrons. The van der Waals surface area contributed by atoms with Gasteiger partial charge in [0.25, 0.3) is 11.8 Å². The van der Waals surface area contributed by atoms with Gasteiger partial charge in [0.15, 0.2) is 11.5 Å². The highest BCUT2D eigenvalue weighted by molar-refractivity contribution is 6.39. The number of barbiturate groups is 1. The molecule has 29 heavy (non-hydrogen) atoms. The quantitative estimate of drug-likeness (QED) is 0.600. The molecule has 0 spiro atoms. The Labute approximate surface area is 168 Å². The average molecular weight is 394 g/mol. The number of hydrogen-bond donors (Lipinski definition) is 1. The SMILES string of the molecule is COc1cc(/C=C2\C(=O)NC(=O)N(c3ccccc3)C2=O)ccc1OCC(C)C. The first-order chi connectivity index (χ1) is 13.9. The number of nitrogens with zero attached hydrogens (tertiary/aromatic N) is 1. The van der Waals surface area contributed by atoms with Gasteiger partial charge in [-0.3, -0.25) is 14.9 Å². The molecular weight excluding hydrogens is 372 g/mol. The fourth-order valence-corrected chi connectivity index (χ4v) is 2.79. The minimum Gasteiger partial charge on any atom is -0.493 e. The van der Waals surface area contributed by atoms with Gasteiger partial charge in [0.1, 0.15) is 5.57 Å². The summed E-state index contributed by atoms with van der Waals surface area (Å²) in [6, 6.07) is 12.8. The van der Waals surface area contributed by atoms with E-state index in [0.717, 1.165) is 4.90 Å². The van der Waals surface area contributed by atoms with Crippen molar-refractivity contribution in [2.45, 2.75) is 13.8 Å². The normalized spacial score (nSPS) is 15.7. The van der Waals surface area contributed by atoms with Crippen molar-refractivity contribution in [1.82, 2.24) is 5.32 Å². The van der Waals surface area contributed by atoms with E-state index in [2.05, 4.69) is 5.32 Å². The highest BCUT2D eigenvalue weighted by Crippen LogP contribution is 2.30. The number of imide groups is 2.